The molecule has 0 spiro atoms. The van der Waals surface area contributed by atoms with Crippen LogP contribution in [0.2, 0.25) is 0 Å². The summed E-state index contributed by atoms with van der Waals surface area (Å²) in [4.78, 5) is 16.9. The van der Waals surface area contributed by atoms with Gasteiger partial charge in [-0.1, -0.05) is 35.9 Å². The third kappa shape index (κ3) is 3.86. The molecule has 134 valence electrons. The van der Waals surface area contributed by atoms with Crippen LogP contribution in [0.15, 0.2) is 47.8 Å². The number of hydrogen-bond acceptors (Lipinski definition) is 6. The molecule has 0 aliphatic carbocycles. The zero-order chi connectivity index (χ0) is 18.5. The largest absolute Gasteiger partial charge is 0.493 e. The first kappa shape index (κ1) is 17.9. The van der Waals surface area contributed by atoms with Gasteiger partial charge in [0.25, 0.3) is 0 Å². The first-order valence-electron chi connectivity index (χ1n) is 8.02. The molecular formula is C20H19NO4S. The Morgan fingerprint density at radius 3 is 2.54 bits per heavy atom. The zero-order valence-corrected chi connectivity index (χ0v) is 15.6. The number of esters is 1. The SMILES string of the molecule is COc1cccc(C(=O)OCc2csc(-c3ccc(C)cc3)n2)c1OC. The molecule has 1 heterocycles. The Morgan fingerprint density at radius 1 is 1.08 bits per heavy atom. The summed E-state index contributed by atoms with van der Waals surface area (Å²) in [6, 6.07) is 13.2. The van der Waals surface area contributed by atoms with E-state index in [1.165, 1.54) is 31.1 Å². The van der Waals surface area contributed by atoms with Crippen molar-refractivity contribution in [3.8, 4) is 22.1 Å². The van der Waals surface area contributed by atoms with Crippen LogP contribution in [0, 0.1) is 6.92 Å². The molecule has 5 nitrogen and oxygen atoms in total. The molecule has 0 N–H and O–H groups in total. The predicted octanol–water partition coefficient (Wildman–Crippen LogP) is 4.49. The Balaban J connectivity index is 1.70. The molecule has 3 aromatic rings. The van der Waals surface area contributed by atoms with E-state index in [2.05, 4.69) is 4.98 Å². The summed E-state index contributed by atoms with van der Waals surface area (Å²) in [5.41, 5.74) is 3.28. The summed E-state index contributed by atoms with van der Waals surface area (Å²) in [5.74, 6) is 0.363. The van der Waals surface area contributed by atoms with Crippen molar-refractivity contribution in [1.29, 1.82) is 0 Å². The van der Waals surface area contributed by atoms with Crippen LogP contribution < -0.4 is 9.47 Å². The van der Waals surface area contributed by atoms with E-state index in [1.54, 1.807) is 18.2 Å². The van der Waals surface area contributed by atoms with Gasteiger partial charge < -0.3 is 14.2 Å². The quantitative estimate of drug-likeness (QED) is 0.599. The van der Waals surface area contributed by atoms with Gasteiger partial charge in [-0.2, -0.15) is 0 Å². The van der Waals surface area contributed by atoms with Gasteiger partial charge >= 0.3 is 5.97 Å². The van der Waals surface area contributed by atoms with Crippen LogP contribution in [0.1, 0.15) is 21.6 Å². The number of aryl methyl sites for hydroxylation is 1. The molecule has 0 radical (unpaired) electrons. The number of carbonyl (C=O) groups excluding carboxylic acids is 1. The number of para-hydroxylation sites is 1. The monoisotopic (exact) mass is 369 g/mol. The predicted molar refractivity (Wildman–Crippen MR) is 101 cm³/mol. The molecule has 6 heteroatoms. The smallest absolute Gasteiger partial charge is 0.342 e. The molecule has 0 atom stereocenters. The van der Waals surface area contributed by atoms with Crippen molar-refractivity contribution < 1.29 is 19.0 Å². The second-order valence-electron chi connectivity index (χ2n) is 5.63. The molecule has 3 rings (SSSR count). The number of nitrogens with zero attached hydrogens (tertiary/aromatic N) is 1. The second-order valence-corrected chi connectivity index (χ2v) is 6.49. The van der Waals surface area contributed by atoms with Crippen molar-refractivity contribution in [2.45, 2.75) is 13.5 Å². The number of aromatic nitrogens is 1. The van der Waals surface area contributed by atoms with Gasteiger partial charge in [0, 0.05) is 10.9 Å². The third-order valence-corrected chi connectivity index (χ3v) is 4.76. The summed E-state index contributed by atoms with van der Waals surface area (Å²) < 4.78 is 15.9. The molecule has 1 aromatic heterocycles. The Kier molecular flexibility index (Phi) is 5.53. The molecule has 0 saturated carbocycles. The highest BCUT2D eigenvalue weighted by molar-refractivity contribution is 7.13. The van der Waals surface area contributed by atoms with E-state index in [9.17, 15) is 4.79 Å². The van der Waals surface area contributed by atoms with Crippen LogP contribution in [-0.2, 0) is 11.3 Å². The number of rotatable bonds is 6. The fourth-order valence-corrected chi connectivity index (χ4v) is 3.28. The van der Waals surface area contributed by atoms with Crippen molar-refractivity contribution in [3.63, 3.8) is 0 Å². The lowest BCUT2D eigenvalue weighted by Crippen LogP contribution is -2.08. The maximum absolute atomic E-state index is 12.4. The topological polar surface area (TPSA) is 57.7 Å². The third-order valence-electron chi connectivity index (χ3n) is 3.82. The lowest BCUT2D eigenvalue weighted by molar-refractivity contribution is 0.0464. The molecule has 0 unspecified atom stereocenters. The number of benzene rings is 2. The molecule has 0 fully saturated rings. The van der Waals surface area contributed by atoms with Crippen molar-refractivity contribution in [2.75, 3.05) is 14.2 Å². The summed E-state index contributed by atoms with van der Waals surface area (Å²) in [6.45, 7) is 2.14. The zero-order valence-electron chi connectivity index (χ0n) is 14.8. The van der Waals surface area contributed by atoms with Gasteiger partial charge in [-0.25, -0.2) is 9.78 Å². The van der Waals surface area contributed by atoms with Gasteiger partial charge in [-0.05, 0) is 19.1 Å². The van der Waals surface area contributed by atoms with Gasteiger partial charge in [-0.15, -0.1) is 11.3 Å². The van der Waals surface area contributed by atoms with Gasteiger partial charge in [0.05, 0.1) is 19.9 Å². The normalized spacial score (nSPS) is 10.4. The maximum Gasteiger partial charge on any atom is 0.342 e. The first-order valence-corrected chi connectivity index (χ1v) is 8.90. The summed E-state index contributed by atoms with van der Waals surface area (Å²) in [5, 5.41) is 2.79. The fraction of sp³-hybridized carbons (Fsp3) is 0.200. The summed E-state index contributed by atoms with van der Waals surface area (Å²) in [6.07, 6.45) is 0. The van der Waals surface area contributed by atoms with Crippen LogP contribution >= 0.6 is 11.3 Å². The van der Waals surface area contributed by atoms with Gasteiger partial charge in [0.15, 0.2) is 11.5 Å². The van der Waals surface area contributed by atoms with E-state index in [0.29, 0.717) is 22.8 Å². The van der Waals surface area contributed by atoms with E-state index in [4.69, 9.17) is 14.2 Å². The molecule has 0 aliphatic rings. The average Bonchev–Trinajstić information content (AvgIpc) is 3.14. The lowest BCUT2D eigenvalue weighted by atomic mass is 10.2. The minimum absolute atomic E-state index is 0.0988. The van der Waals surface area contributed by atoms with E-state index in [-0.39, 0.29) is 6.61 Å². The Bertz CT molecular complexity index is 902. The number of ether oxygens (including phenoxy) is 3. The van der Waals surface area contributed by atoms with Crippen molar-refractivity contribution in [2.24, 2.45) is 0 Å². The highest BCUT2D eigenvalue weighted by atomic mass is 32.1. The Labute approximate surface area is 156 Å². The van der Waals surface area contributed by atoms with E-state index in [0.717, 1.165) is 10.6 Å². The molecular weight excluding hydrogens is 350 g/mol. The van der Waals surface area contributed by atoms with Crippen molar-refractivity contribution in [1.82, 2.24) is 4.98 Å². The van der Waals surface area contributed by atoms with Crippen LogP contribution in [0.5, 0.6) is 11.5 Å². The second kappa shape index (κ2) is 8.01. The minimum atomic E-state index is -0.481. The minimum Gasteiger partial charge on any atom is -0.493 e. The van der Waals surface area contributed by atoms with Crippen LogP contribution in [-0.4, -0.2) is 25.2 Å². The summed E-state index contributed by atoms with van der Waals surface area (Å²) in [7, 11) is 3.01. The average molecular weight is 369 g/mol. The van der Waals surface area contributed by atoms with Crippen molar-refractivity contribution >= 4 is 17.3 Å². The lowest BCUT2D eigenvalue weighted by Gasteiger charge is -2.11. The van der Waals surface area contributed by atoms with Crippen LogP contribution in [0.25, 0.3) is 10.6 Å². The molecule has 2 aromatic carbocycles. The van der Waals surface area contributed by atoms with Gasteiger partial charge in [-0.3, -0.25) is 0 Å². The Morgan fingerprint density at radius 2 is 1.85 bits per heavy atom. The molecule has 26 heavy (non-hydrogen) atoms. The maximum atomic E-state index is 12.4. The Hall–Kier alpha value is -2.86. The standard InChI is InChI=1S/C20H19NO4S/c1-13-7-9-14(10-8-13)19-21-15(12-26-19)11-25-20(22)16-5-4-6-17(23-2)18(16)24-3/h4-10,12H,11H2,1-3H3. The molecule has 0 saturated heterocycles. The van der Waals surface area contributed by atoms with E-state index >= 15 is 0 Å². The molecule has 0 aliphatic heterocycles. The van der Waals surface area contributed by atoms with Gasteiger partial charge in [0.2, 0.25) is 0 Å². The highest BCUT2D eigenvalue weighted by Crippen LogP contribution is 2.31. The van der Waals surface area contributed by atoms with Crippen LogP contribution in [0.3, 0.4) is 0 Å². The molecule has 0 amide bonds. The highest BCUT2D eigenvalue weighted by Gasteiger charge is 2.18. The van der Waals surface area contributed by atoms with Gasteiger partial charge in [0.1, 0.15) is 17.2 Å². The van der Waals surface area contributed by atoms with E-state index in [1.807, 2.05) is 36.6 Å². The molecule has 0 bridgehead atoms. The van der Waals surface area contributed by atoms with Crippen LogP contribution in [0.4, 0.5) is 0 Å². The number of hydrogen-bond donors (Lipinski definition) is 0. The number of carbonyl (C=O) groups is 1. The summed E-state index contributed by atoms with van der Waals surface area (Å²) >= 11 is 1.52. The van der Waals surface area contributed by atoms with E-state index < -0.39 is 5.97 Å². The fourth-order valence-electron chi connectivity index (χ4n) is 2.47. The first-order chi connectivity index (χ1) is 12.6. The number of methoxy groups -OCH3 is 2. The number of thiazole rings is 1. The van der Waals surface area contributed by atoms with Crippen molar-refractivity contribution in [3.05, 3.63) is 64.7 Å².